The highest BCUT2D eigenvalue weighted by Crippen LogP contribution is 2.36. The van der Waals surface area contributed by atoms with Crippen molar-refractivity contribution in [3.8, 4) is 11.5 Å². The molecule has 5 heteroatoms. The van der Waals surface area contributed by atoms with Crippen LogP contribution in [-0.2, 0) is 6.54 Å². The van der Waals surface area contributed by atoms with Crippen molar-refractivity contribution in [3.05, 3.63) is 41.3 Å². The molecule has 0 aliphatic carbocycles. The molecule has 0 radical (unpaired) electrons. The molecule has 0 unspecified atom stereocenters. The van der Waals surface area contributed by atoms with Gasteiger partial charge in [-0.1, -0.05) is 31.1 Å². The number of nitrogens with zero attached hydrogens (tertiary/aromatic N) is 2. The van der Waals surface area contributed by atoms with Crippen LogP contribution in [0.15, 0.2) is 28.8 Å². The van der Waals surface area contributed by atoms with Crippen LogP contribution in [0.1, 0.15) is 55.7 Å². The third-order valence-electron chi connectivity index (χ3n) is 4.50. The van der Waals surface area contributed by atoms with Crippen LogP contribution in [-0.4, -0.2) is 28.8 Å². The van der Waals surface area contributed by atoms with Gasteiger partial charge in [-0.05, 0) is 25.5 Å². The van der Waals surface area contributed by atoms with E-state index in [0.717, 1.165) is 36.4 Å². The Bertz CT molecular complexity index is 666. The largest absolute Gasteiger partial charge is 0.504 e. The van der Waals surface area contributed by atoms with E-state index in [1.165, 1.54) is 0 Å². The second-order valence-electron chi connectivity index (χ2n) is 6.41. The van der Waals surface area contributed by atoms with Crippen molar-refractivity contribution in [2.75, 3.05) is 13.7 Å². The lowest BCUT2D eigenvalue weighted by molar-refractivity contribution is 0.232. The minimum atomic E-state index is 0.226. The number of phenols is 1. The lowest BCUT2D eigenvalue weighted by Gasteiger charge is -2.23. The van der Waals surface area contributed by atoms with E-state index in [0.29, 0.717) is 18.2 Å². The fraction of sp³-hybridized carbons (Fsp3) is 0.500. The molecule has 23 heavy (non-hydrogen) atoms. The van der Waals surface area contributed by atoms with Crippen molar-refractivity contribution in [2.24, 2.45) is 0 Å². The molecule has 5 nitrogen and oxygen atoms in total. The molecule has 1 aromatic heterocycles. The first kappa shape index (κ1) is 15.9. The minimum absolute atomic E-state index is 0.226. The van der Waals surface area contributed by atoms with E-state index in [4.69, 9.17) is 9.26 Å². The second kappa shape index (κ2) is 6.62. The van der Waals surface area contributed by atoms with Crippen molar-refractivity contribution in [2.45, 2.75) is 45.2 Å². The normalized spacial score (nSPS) is 18.7. The standard InChI is InChI=1S/C18H24N2O3/c1-12(2)17-10-14(19-23-17)15-7-5-9-20(15)11-13-6-4-8-16(22-3)18(13)21/h4,6,8,10,12,15,21H,5,7,9,11H2,1-3H3/t15-/m1/s1. The number of ether oxygens (including phenoxy) is 1. The average Bonchev–Trinajstić information content (AvgIpc) is 3.18. The van der Waals surface area contributed by atoms with Gasteiger partial charge in [0.05, 0.1) is 13.2 Å². The van der Waals surface area contributed by atoms with Gasteiger partial charge in [0, 0.05) is 24.1 Å². The van der Waals surface area contributed by atoms with E-state index in [-0.39, 0.29) is 11.8 Å². The number of rotatable bonds is 5. The van der Waals surface area contributed by atoms with Crippen LogP contribution < -0.4 is 4.74 Å². The van der Waals surface area contributed by atoms with Crippen molar-refractivity contribution >= 4 is 0 Å². The van der Waals surface area contributed by atoms with Crippen molar-refractivity contribution in [1.82, 2.24) is 10.1 Å². The molecule has 1 saturated heterocycles. The molecule has 1 N–H and O–H groups in total. The van der Waals surface area contributed by atoms with Gasteiger partial charge in [-0.15, -0.1) is 0 Å². The lowest BCUT2D eigenvalue weighted by atomic mass is 10.1. The van der Waals surface area contributed by atoms with E-state index in [1.807, 2.05) is 12.1 Å². The molecule has 124 valence electrons. The highest BCUT2D eigenvalue weighted by Gasteiger charge is 2.29. The van der Waals surface area contributed by atoms with Gasteiger partial charge < -0.3 is 14.4 Å². The van der Waals surface area contributed by atoms with Crippen LogP contribution in [0, 0.1) is 0 Å². The zero-order chi connectivity index (χ0) is 16.4. The molecule has 0 spiro atoms. The summed E-state index contributed by atoms with van der Waals surface area (Å²) in [7, 11) is 1.57. The highest BCUT2D eigenvalue weighted by molar-refractivity contribution is 5.45. The summed E-state index contributed by atoms with van der Waals surface area (Å²) < 4.78 is 10.6. The summed E-state index contributed by atoms with van der Waals surface area (Å²) in [5.74, 6) is 2.01. The number of likely N-dealkylation sites (tertiary alicyclic amines) is 1. The summed E-state index contributed by atoms with van der Waals surface area (Å²) in [6.45, 7) is 5.87. The number of para-hydroxylation sites is 1. The summed E-state index contributed by atoms with van der Waals surface area (Å²) >= 11 is 0. The Labute approximate surface area is 136 Å². The fourth-order valence-corrected chi connectivity index (χ4v) is 3.16. The van der Waals surface area contributed by atoms with Gasteiger partial charge in [0.25, 0.3) is 0 Å². The number of benzene rings is 1. The van der Waals surface area contributed by atoms with Crippen molar-refractivity contribution < 1.29 is 14.4 Å². The number of aromatic nitrogens is 1. The molecule has 1 aromatic carbocycles. The Morgan fingerprint density at radius 1 is 1.43 bits per heavy atom. The Balaban J connectivity index is 1.79. The average molecular weight is 316 g/mol. The van der Waals surface area contributed by atoms with Crippen LogP contribution in [0.4, 0.5) is 0 Å². The summed E-state index contributed by atoms with van der Waals surface area (Å²) in [5.41, 5.74) is 1.87. The quantitative estimate of drug-likeness (QED) is 0.908. The fourth-order valence-electron chi connectivity index (χ4n) is 3.16. The Morgan fingerprint density at radius 3 is 2.96 bits per heavy atom. The number of hydrogen-bond acceptors (Lipinski definition) is 5. The van der Waals surface area contributed by atoms with Crippen LogP contribution >= 0.6 is 0 Å². The van der Waals surface area contributed by atoms with Gasteiger partial charge >= 0.3 is 0 Å². The Morgan fingerprint density at radius 2 is 2.26 bits per heavy atom. The maximum atomic E-state index is 10.3. The van der Waals surface area contributed by atoms with Gasteiger partial charge in [-0.3, -0.25) is 4.90 Å². The Hall–Kier alpha value is -2.01. The summed E-state index contributed by atoms with van der Waals surface area (Å²) in [5, 5.41) is 14.6. The summed E-state index contributed by atoms with van der Waals surface area (Å²) in [6.07, 6.45) is 2.19. The maximum Gasteiger partial charge on any atom is 0.162 e. The SMILES string of the molecule is COc1cccc(CN2CCC[C@@H]2c2cc(C(C)C)on2)c1O. The first-order chi connectivity index (χ1) is 11.1. The molecule has 1 aliphatic heterocycles. The first-order valence-electron chi connectivity index (χ1n) is 8.15. The molecule has 1 fully saturated rings. The molecular weight excluding hydrogens is 292 g/mol. The molecule has 0 saturated carbocycles. The van der Waals surface area contributed by atoms with Crippen LogP contribution in [0.25, 0.3) is 0 Å². The maximum absolute atomic E-state index is 10.3. The topological polar surface area (TPSA) is 58.7 Å². The first-order valence-corrected chi connectivity index (χ1v) is 8.15. The van der Waals surface area contributed by atoms with Gasteiger partial charge in [0.2, 0.25) is 0 Å². The molecule has 3 rings (SSSR count). The predicted molar refractivity (Wildman–Crippen MR) is 87.6 cm³/mol. The van der Waals surface area contributed by atoms with Gasteiger partial charge in [0.1, 0.15) is 11.5 Å². The molecule has 2 heterocycles. The molecule has 1 aliphatic rings. The molecule has 0 amide bonds. The van der Waals surface area contributed by atoms with Crippen LogP contribution in [0.2, 0.25) is 0 Å². The lowest BCUT2D eigenvalue weighted by Crippen LogP contribution is -2.23. The molecule has 0 bridgehead atoms. The number of aromatic hydroxyl groups is 1. The number of phenolic OH excluding ortho intramolecular Hbond substituents is 1. The zero-order valence-corrected chi connectivity index (χ0v) is 14.0. The number of hydrogen-bond donors (Lipinski definition) is 1. The van der Waals surface area contributed by atoms with Crippen molar-refractivity contribution in [1.29, 1.82) is 0 Å². The smallest absolute Gasteiger partial charge is 0.162 e. The third kappa shape index (κ3) is 3.20. The minimum Gasteiger partial charge on any atom is -0.504 e. The highest BCUT2D eigenvalue weighted by atomic mass is 16.5. The van der Waals surface area contributed by atoms with E-state index >= 15 is 0 Å². The summed E-state index contributed by atoms with van der Waals surface area (Å²) in [4.78, 5) is 2.34. The monoisotopic (exact) mass is 316 g/mol. The van der Waals surface area contributed by atoms with Crippen LogP contribution in [0.5, 0.6) is 11.5 Å². The van der Waals surface area contributed by atoms with E-state index in [2.05, 4.69) is 30.0 Å². The second-order valence-corrected chi connectivity index (χ2v) is 6.41. The summed E-state index contributed by atoms with van der Waals surface area (Å²) in [6, 6.07) is 7.94. The van der Waals surface area contributed by atoms with Crippen LogP contribution in [0.3, 0.4) is 0 Å². The van der Waals surface area contributed by atoms with Gasteiger partial charge in [0.15, 0.2) is 11.5 Å². The van der Waals surface area contributed by atoms with Gasteiger partial charge in [-0.25, -0.2) is 0 Å². The zero-order valence-electron chi connectivity index (χ0n) is 14.0. The Kier molecular flexibility index (Phi) is 4.57. The number of methoxy groups -OCH3 is 1. The molecule has 2 aromatic rings. The third-order valence-corrected chi connectivity index (χ3v) is 4.50. The molecule has 1 atom stereocenters. The predicted octanol–water partition coefficient (Wildman–Crippen LogP) is 3.85. The van der Waals surface area contributed by atoms with E-state index < -0.39 is 0 Å². The van der Waals surface area contributed by atoms with Crippen molar-refractivity contribution in [3.63, 3.8) is 0 Å². The van der Waals surface area contributed by atoms with Gasteiger partial charge in [-0.2, -0.15) is 0 Å². The van der Waals surface area contributed by atoms with E-state index in [1.54, 1.807) is 13.2 Å². The molecular formula is C18H24N2O3. The van der Waals surface area contributed by atoms with E-state index in [9.17, 15) is 5.11 Å².